The Kier molecular flexibility index (Phi) is 3.37. The zero-order chi connectivity index (χ0) is 11.6. The molecular weight excluding hydrogens is 196 g/mol. The third-order valence-electron chi connectivity index (χ3n) is 2.76. The van der Waals surface area contributed by atoms with E-state index in [-0.39, 0.29) is 11.9 Å². The van der Waals surface area contributed by atoms with Crippen molar-refractivity contribution in [1.82, 2.24) is 0 Å². The van der Waals surface area contributed by atoms with Gasteiger partial charge in [0, 0.05) is 5.41 Å². The average molecular weight is 214 g/mol. The van der Waals surface area contributed by atoms with Crippen molar-refractivity contribution in [2.75, 3.05) is 6.61 Å². The van der Waals surface area contributed by atoms with Crippen LogP contribution in [0.1, 0.15) is 34.1 Å². The lowest BCUT2D eigenvalue weighted by atomic mass is 9.89. The quantitative estimate of drug-likeness (QED) is 0.668. The van der Waals surface area contributed by atoms with Crippen molar-refractivity contribution in [3.8, 4) is 0 Å². The van der Waals surface area contributed by atoms with Gasteiger partial charge < -0.3 is 9.47 Å². The van der Waals surface area contributed by atoms with Crippen molar-refractivity contribution in [2.24, 2.45) is 11.3 Å². The van der Waals surface area contributed by atoms with Crippen LogP contribution in [-0.2, 0) is 19.1 Å². The molecule has 0 aromatic carbocycles. The van der Waals surface area contributed by atoms with E-state index in [0.29, 0.717) is 13.0 Å². The molecule has 0 bridgehead atoms. The van der Waals surface area contributed by atoms with Gasteiger partial charge in [0.2, 0.25) is 6.10 Å². The molecule has 1 unspecified atom stereocenters. The first-order valence-corrected chi connectivity index (χ1v) is 5.25. The van der Waals surface area contributed by atoms with E-state index in [2.05, 4.69) is 0 Å². The summed E-state index contributed by atoms with van der Waals surface area (Å²) in [7, 11) is 0. The van der Waals surface area contributed by atoms with Gasteiger partial charge in [-0.05, 0) is 6.42 Å². The minimum Gasteiger partial charge on any atom is -0.462 e. The summed E-state index contributed by atoms with van der Waals surface area (Å²) in [4.78, 5) is 22.9. The van der Waals surface area contributed by atoms with Crippen LogP contribution in [0.5, 0.6) is 0 Å². The molecule has 0 amide bonds. The van der Waals surface area contributed by atoms with Gasteiger partial charge >= 0.3 is 11.9 Å². The highest BCUT2D eigenvalue weighted by molar-refractivity contribution is 5.82. The molecular formula is C11H18O4. The maximum atomic E-state index is 11.5. The van der Waals surface area contributed by atoms with Crippen LogP contribution in [0.15, 0.2) is 0 Å². The van der Waals surface area contributed by atoms with E-state index in [1.165, 1.54) is 0 Å². The molecule has 0 aromatic heterocycles. The molecule has 1 heterocycles. The summed E-state index contributed by atoms with van der Waals surface area (Å²) in [6.45, 7) is 7.71. The lowest BCUT2D eigenvalue weighted by Gasteiger charge is -2.22. The van der Waals surface area contributed by atoms with E-state index < -0.39 is 17.5 Å². The third-order valence-corrected chi connectivity index (χ3v) is 2.76. The normalized spacial score (nSPS) is 25.9. The highest BCUT2D eigenvalue weighted by Gasteiger charge is 2.46. The van der Waals surface area contributed by atoms with Gasteiger partial charge in [-0.1, -0.05) is 27.7 Å². The number of hydrogen-bond acceptors (Lipinski definition) is 4. The molecule has 15 heavy (non-hydrogen) atoms. The van der Waals surface area contributed by atoms with Crippen LogP contribution in [0.4, 0.5) is 0 Å². The summed E-state index contributed by atoms with van der Waals surface area (Å²) < 4.78 is 10.1. The van der Waals surface area contributed by atoms with Crippen LogP contribution < -0.4 is 0 Å². The molecule has 1 aliphatic rings. The van der Waals surface area contributed by atoms with Gasteiger partial charge in [0.25, 0.3) is 0 Å². The Bertz CT molecular complexity index is 270. The first kappa shape index (κ1) is 12.0. The molecule has 2 atom stereocenters. The molecule has 0 aliphatic carbocycles. The molecule has 1 rings (SSSR count). The van der Waals surface area contributed by atoms with E-state index in [0.717, 1.165) is 0 Å². The SMILES string of the molecule is CCC(C)C(=O)O[C@H]1C(=O)OCC1(C)C. The summed E-state index contributed by atoms with van der Waals surface area (Å²) >= 11 is 0. The Labute approximate surface area is 89.9 Å². The fourth-order valence-corrected chi connectivity index (χ4v) is 1.33. The third kappa shape index (κ3) is 2.49. The Morgan fingerprint density at radius 1 is 1.67 bits per heavy atom. The second-order valence-corrected chi connectivity index (χ2v) is 4.72. The van der Waals surface area contributed by atoms with Crippen LogP contribution in [0.25, 0.3) is 0 Å². The molecule has 86 valence electrons. The van der Waals surface area contributed by atoms with Gasteiger partial charge in [-0.25, -0.2) is 4.79 Å². The average Bonchev–Trinajstić information content (AvgIpc) is 2.43. The molecule has 1 aliphatic heterocycles. The van der Waals surface area contributed by atoms with Crippen molar-refractivity contribution in [3.63, 3.8) is 0 Å². The van der Waals surface area contributed by atoms with Crippen LogP contribution in [0, 0.1) is 11.3 Å². The van der Waals surface area contributed by atoms with E-state index in [4.69, 9.17) is 9.47 Å². The van der Waals surface area contributed by atoms with Crippen molar-refractivity contribution < 1.29 is 19.1 Å². The molecule has 4 nitrogen and oxygen atoms in total. The Morgan fingerprint density at radius 3 is 2.67 bits per heavy atom. The largest absolute Gasteiger partial charge is 0.462 e. The molecule has 0 saturated carbocycles. The summed E-state index contributed by atoms with van der Waals surface area (Å²) in [6.07, 6.45) is -0.0416. The predicted molar refractivity (Wildman–Crippen MR) is 54.1 cm³/mol. The zero-order valence-electron chi connectivity index (χ0n) is 9.70. The predicted octanol–water partition coefficient (Wildman–Crippen LogP) is 1.53. The fourth-order valence-electron chi connectivity index (χ4n) is 1.33. The minimum atomic E-state index is -0.751. The topological polar surface area (TPSA) is 52.6 Å². The minimum absolute atomic E-state index is 0.172. The smallest absolute Gasteiger partial charge is 0.348 e. The van der Waals surface area contributed by atoms with Crippen LogP contribution >= 0.6 is 0 Å². The Hall–Kier alpha value is -1.06. The van der Waals surface area contributed by atoms with Crippen LogP contribution in [0.2, 0.25) is 0 Å². The van der Waals surface area contributed by atoms with E-state index in [1.807, 2.05) is 20.8 Å². The van der Waals surface area contributed by atoms with Gasteiger partial charge in [-0.2, -0.15) is 0 Å². The van der Waals surface area contributed by atoms with Crippen LogP contribution in [0.3, 0.4) is 0 Å². The van der Waals surface area contributed by atoms with Gasteiger partial charge in [0.1, 0.15) is 6.61 Å². The first-order valence-electron chi connectivity index (χ1n) is 5.25. The van der Waals surface area contributed by atoms with Crippen LogP contribution in [-0.4, -0.2) is 24.6 Å². The Morgan fingerprint density at radius 2 is 2.27 bits per heavy atom. The number of esters is 2. The maximum Gasteiger partial charge on any atom is 0.348 e. The van der Waals surface area contributed by atoms with Crippen molar-refractivity contribution >= 4 is 11.9 Å². The van der Waals surface area contributed by atoms with Crippen molar-refractivity contribution in [1.29, 1.82) is 0 Å². The van der Waals surface area contributed by atoms with E-state index in [1.54, 1.807) is 6.92 Å². The Balaban J connectivity index is 2.64. The van der Waals surface area contributed by atoms with Crippen molar-refractivity contribution in [3.05, 3.63) is 0 Å². The number of hydrogen-bond donors (Lipinski definition) is 0. The zero-order valence-corrected chi connectivity index (χ0v) is 9.70. The van der Waals surface area contributed by atoms with Gasteiger partial charge in [0.05, 0.1) is 5.92 Å². The maximum absolute atomic E-state index is 11.5. The fraction of sp³-hybridized carbons (Fsp3) is 0.818. The summed E-state index contributed by atoms with van der Waals surface area (Å²) in [5.74, 6) is -0.930. The summed E-state index contributed by atoms with van der Waals surface area (Å²) in [5, 5.41) is 0. The van der Waals surface area contributed by atoms with E-state index in [9.17, 15) is 9.59 Å². The summed E-state index contributed by atoms with van der Waals surface area (Å²) in [6, 6.07) is 0. The summed E-state index contributed by atoms with van der Waals surface area (Å²) in [5.41, 5.74) is -0.416. The highest BCUT2D eigenvalue weighted by atomic mass is 16.6. The molecule has 0 aromatic rings. The number of carbonyl (C=O) groups is 2. The molecule has 4 heteroatoms. The standard InChI is InChI=1S/C11H18O4/c1-5-7(2)9(12)15-8-10(13)14-6-11(8,3)4/h7-8H,5-6H2,1-4H3/t7?,8-/m0/s1. The van der Waals surface area contributed by atoms with Gasteiger partial charge in [0.15, 0.2) is 0 Å². The second-order valence-electron chi connectivity index (χ2n) is 4.72. The molecule has 0 N–H and O–H groups in total. The van der Waals surface area contributed by atoms with E-state index >= 15 is 0 Å². The molecule has 1 saturated heterocycles. The first-order chi connectivity index (χ1) is 6.88. The van der Waals surface area contributed by atoms with Gasteiger partial charge in [-0.3, -0.25) is 4.79 Å². The number of cyclic esters (lactones) is 1. The molecule has 1 fully saturated rings. The van der Waals surface area contributed by atoms with Gasteiger partial charge in [-0.15, -0.1) is 0 Å². The lowest BCUT2D eigenvalue weighted by Crippen LogP contribution is -2.36. The lowest BCUT2D eigenvalue weighted by molar-refractivity contribution is -0.166. The highest BCUT2D eigenvalue weighted by Crippen LogP contribution is 2.31. The number of ether oxygens (including phenoxy) is 2. The molecule has 0 spiro atoms. The monoisotopic (exact) mass is 214 g/mol. The number of rotatable bonds is 3. The molecule has 0 radical (unpaired) electrons. The number of carbonyl (C=O) groups excluding carboxylic acids is 2. The second kappa shape index (κ2) is 4.21. The van der Waals surface area contributed by atoms with Crippen molar-refractivity contribution in [2.45, 2.75) is 40.2 Å².